The monoisotopic (exact) mass is 567 g/mol. The van der Waals surface area contributed by atoms with Crippen LogP contribution in [0.25, 0.3) is 6.08 Å². The van der Waals surface area contributed by atoms with Crippen molar-refractivity contribution in [3.63, 3.8) is 0 Å². The Hall–Kier alpha value is -4.51. The minimum atomic E-state index is -1.03. The van der Waals surface area contributed by atoms with Crippen molar-refractivity contribution < 1.29 is 33.4 Å². The van der Waals surface area contributed by atoms with Crippen molar-refractivity contribution in [3.05, 3.63) is 99.4 Å². The lowest BCUT2D eigenvalue weighted by Crippen LogP contribution is -2.38. The number of halogens is 2. The van der Waals surface area contributed by atoms with Crippen molar-refractivity contribution in [1.29, 1.82) is 0 Å². The van der Waals surface area contributed by atoms with Crippen LogP contribution in [-0.2, 0) is 16.2 Å². The van der Waals surface area contributed by atoms with Crippen LogP contribution in [0.5, 0.6) is 5.75 Å². The fourth-order valence-electron chi connectivity index (χ4n) is 3.43. The Bertz CT molecular complexity index is 1420. The number of benzene rings is 3. The van der Waals surface area contributed by atoms with E-state index in [1.54, 1.807) is 30.3 Å². The number of aromatic carboxylic acids is 1. The lowest BCUT2D eigenvalue weighted by Gasteiger charge is -2.12. The molecule has 1 fully saturated rings. The van der Waals surface area contributed by atoms with Gasteiger partial charge in [0, 0.05) is 10.0 Å². The zero-order valence-corrected chi connectivity index (χ0v) is 20.6. The number of rotatable bonds is 8. The Morgan fingerprint density at radius 2 is 1.81 bits per heavy atom. The summed E-state index contributed by atoms with van der Waals surface area (Å²) < 4.78 is 20.3. The van der Waals surface area contributed by atoms with Crippen LogP contribution in [-0.4, -0.2) is 40.4 Å². The van der Waals surface area contributed by atoms with E-state index in [1.807, 2.05) is 0 Å². The zero-order chi connectivity index (χ0) is 26.5. The van der Waals surface area contributed by atoms with Crippen LogP contribution >= 0.6 is 15.9 Å². The molecule has 0 bridgehead atoms. The lowest BCUT2D eigenvalue weighted by molar-refractivity contribution is -0.127. The van der Waals surface area contributed by atoms with E-state index < -0.39 is 36.2 Å². The minimum absolute atomic E-state index is 0.0659. The number of carbonyl (C=O) groups is 4. The van der Waals surface area contributed by atoms with Gasteiger partial charge in [0.05, 0.1) is 11.3 Å². The van der Waals surface area contributed by atoms with Crippen LogP contribution in [0, 0.1) is 5.82 Å². The molecule has 4 rings (SSSR count). The largest absolute Gasteiger partial charge is 0.488 e. The highest BCUT2D eigenvalue weighted by Gasteiger charge is 2.35. The van der Waals surface area contributed by atoms with Crippen molar-refractivity contribution in [3.8, 4) is 5.75 Å². The molecule has 1 heterocycles. The fourth-order valence-corrected chi connectivity index (χ4v) is 3.81. The number of hydrogen-bond donors (Lipinski definition) is 3. The SMILES string of the molecule is O=C(CN1C(=O)N/C(=C/c2cc(Br)ccc2OCc2ccc(C(=O)O)cc2)C1=O)Nc1ccccc1F. The Morgan fingerprint density at radius 1 is 1.08 bits per heavy atom. The molecule has 9 nitrogen and oxygen atoms in total. The second kappa shape index (κ2) is 11.0. The van der Waals surface area contributed by atoms with Gasteiger partial charge < -0.3 is 20.5 Å². The van der Waals surface area contributed by atoms with E-state index in [0.29, 0.717) is 20.7 Å². The molecule has 0 saturated carbocycles. The molecule has 37 heavy (non-hydrogen) atoms. The van der Waals surface area contributed by atoms with Crippen molar-refractivity contribution in [2.24, 2.45) is 0 Å². The van der Waals surface area contributed by atoms with Gasteiger partial charge in [-0.15, -0.1) is 0 Å². The van der Waals surface area contributed by atoms with Gasteiger partial charge in [-0.3, -0.25) is 9.59 Å². The second-order valence-electron chi connectivity index (χ2n) is 7.88. The third-order valence-electron chi connectivity index (χ3n) is 5.28. The van der Waals surface area contributed by atoms with E-state index in [2.05, 4.69) is 26.6 Å². The molecule has 1 aliphatic rings. The maximum atomic E-state index is 13.8. The fraction of sp³-hybridized carbons (Fsp3) is 0.0769. The second-order valence-corrected chi connectivity index (χ2v) is 8.80. The molecule has 1 saturated heterocycles. The minimum Gasteiger partial charge on any atom is -0.488 e. The summed E-state index contributed by atoms with van der Waals surface area (Å²) in [4.78, 5) is 49.3. The summed E-state index contributed by atoms with van der Waals surface area (Å²) in [6.07, 6.45) is 1.42. The van der Waals surface area contributed by atoms with Crippen LogP contribution in [0.3, 0.4) is 0 Å². The van der Waals surface area contributed by atoms with Crippen LogP contribution in [0.15, 0.2) is 76.9 Å². The topological polar surface area (TPSA) is 125 Å². The third kappa shape index (κ3) is 6.19. The molecule has 1 aliphatic heterocycles. The molecule has 0 atom stereocenters. The number of carboxylic acids is 1. The molecule has 4 amide bonds. The van der Waals surface area contributed by atoms with Gasteiger partial charge >= 0.3 is 12.0 Å². The Morgan fingerprint density at radius 3 is 2.51 bits per heavy atom. The number of imide groups is 1. The van der Waals surface area contributed by atoms with Crippen LogP contribution in [0.2, 0.25) is 0 Å². The summed E-state index contributed by atoms with van der Waals surface area (Å²) in [6, 6.07) is 16.0. The maximum Gasteiger partial charge on any atom is 0.335 e. The van der Waals surface area contributed by atoms with E-state index >= 15 is 0 Å². The molecule has 3 aromatic rings. The van der Waals surface area contributed by atoms with Gasteiger partial charge in [0.25, 0.3) is 5.91 Å². The molecule has 0 spiro atoms. The normalized spacial score (nSPS) is 14.0. The van der Waals surface area contributed by atoms with Gasteiger partial charge in [0.15, 0.2) is 0 Å². The summed E-state index contributed by atoms with van der Waals surface area (Å²) in [5.74, 6) is -2.75. The highest BCUT2D eigenvalue weighted by atomic mass is 79.9. The summed E-state index contributed by atoms with van der Waals surface area (Å²) in [5.41, 5.74) is 1.21. The number of amides is 4. The first kappa shape index (κ1) is 25.6. The number of para-hydroxylation sites is 1. The van der Waals surface area contributed by atoms with Gasteiger partial charge in [-0.2, -0.15) is 0 Å². The number of ether oxygens (including phenoxy) is 1. The van der Waals surface area contributed by atoms with Gasteiger partial charge in [0.2, 0.25) is 5.91 Å². The molecule has 0 aromatic heterocycles. The summed E-state index contributed by atoms with van der Waals surface area (Å²) in [5, 5.41) is 13.8. The van der Waals surface area contributed by atoms with E-state index in [-0.39, 0.29) is 23.6 Å². The van der Waals surface area contributed by atoms with Crippen molar-refractivity contribution in [2.75, 3.05) is 11.9 Å². The van der Waals surface area contributed by atoms with E-state index in [9.17, 15) is 23.6 Å². The number of urea groups is 1. The molecule has 0 unspecified atom stereocenters. The smallest absolute Gasteiger partial charge is 0.335 e. The number of carboxylic acid groups (broad SMARTS) is 1. The van der Waals surface area contributed by atoms with Gasteiger partial charge in [-0.05, 0) is 54.1 Å². The average Bonchev–Trinajstić information content (AvgIpc) is 3.12. The van der Waals surface area contributed by atoms with Gasteiger partial charge in [-0.25, -0.2) is 18.9 Å². The highest BCUT2D eigenvalue weighted by Crippen LogP contribution is 2.27. The van der Waals surface area contributed by atoms with E-state index in [4.69, 9.17) is 9.84 Å². The lowest BCUT2D eigenvalue weighted by atomic mass is 10.1. The molecule has 11 heteroatoms. The Balaban J connectivity index is 1.47. The molecule has 0 radical (unpaired) electrons. The summed E-state index contributed by atoms with van der Waals surface area (Å²) in [6.45, 7) is -0.481. The van der Waals surface area contributed by atoms with Crippen LogP contribution in [0.4, 0.5) is 14.9 Å². The van der Waals surface area contributed by atoms with Crippen LogP contribution < -0.4 is 15.4 Å². The molecule has 188 valence electrons. The van der Waals surface area contributed by atoms with Gasteiger partial charge in [-0.1, -0.05) is 40.2 Å². The molecule has 0 aliphatic carbocycles. The van der Waals surface area contributed by atoms with Crippen molar-refractivity contribution >= 4 is 51.5 Å². The van der Waals surface area contributed by atoms with Gasteiger partial charge in [0.1, 0.15) is 30.4 Å². The highest BCUT2D eigenvalue weighted by molar-refractivity contribution is 9.10. The van der Waals surface area contributed by atoms with E-state index in [1.165, 1.54) is 42.5 Å². The zero-order valence-electron chi connectivity index (χ0n) is 19.0. The standard InChI is InChI=1S/C26H19BrFN3O6/c27-18-9-10-22(37-14-15-5-7-16(8-6-15)25(34)35)17(11-18)12-21-24(33)31(26(36)30-21)13-23(32)29-20-4-2-1-3-19(20)28/h1-12H,13-14H2,(H,29,32)(H,30,36)(H,34,35)/b21-12+. The number of nitrogens with one attached hydrogen (secondary N) is 2. The average molecular weight is 568 g/mol. The predicted molar refractivity (Wildman–Crippen MR) is 135 cm³/mol. The predicted octanol–water partition coefficient (Wildman–Crippen LogP) is 4.40. The van der Waals surface area contributed by atoms with Crippen molar-refractivity contribution in [1.82, 2.24) is 10.2 Å². The molecule has 3 N–H and O–H groups in total. The van der Waals surface area contributed by atoms with Crippen molar-refractivity contribution in [2.45, 2.75) is 6.61 Å². The summed E-state index contributed by atoms with van der Waals surface area (Å²) >= 11 is 3.37. The number of carbonyl (C=O) groups excluding carboxylic acids is 3. The number of anilines is 1. The summed E-state index contributed by atoms with van der Waals surface area (Å²) in [7, 11) is 0. The molecule has 3 aromatic carbocycles. The molecular weight excluding hydrogens is 549 g/mol. The van der Waals surface area contributed by atoms with E-state index in [0.717, 1.165) is 5.56 Å². The maximum absolute atomic E-state index is 13.8. The van der Waals surface area contributed by atoms with Crippen LogP contribution in [0.1, 0.15) is 21.5 Å². The Labute approximate surface area is 218 Å². The first-order valence-corrected chi connectivity index (χ1v) is 11.6. The third-order valence-corrected chi connectivity index (χ3v) is 5.77. The number of nitrogens with zero attached hydrogens (tertiary/aromatic N) is 1. The number of hydrogen-bond acceptors (Lipinski definition) is 5. The first-order chi connectivity index (χ1) is 17.7. The Kier molecular flexibility index (Phi) is 7.63. The first-order valence-electron chi connectivity index (χ1n) is 10.8. The molecular formula is C26H19BrFN3O6. The quantitative estimate of drug-likeness (QED) is 0.274.